The average molecular weight is 268 g/mol. The molecule has 0 unspecified atom stereocenters. The Labute approximate surface area is 96.8 Å². The zero-order chi connectivity index (χ0) is 13.5. The van der Waals surface area contributed by atoms with E-state index in [0.29, 0.717) is 0 Å². The molecule has 3 nitrogen and oxygen atoms in total. The van der Waals surface area contributed by atoms with Gasteiger partial charge in [0.15, 0.2) is 37.9 Å². The number of phenols is 1. The van der Waals surface area contributed by atoms with Crippen molar-refractivity contribution in [3.05, 3.63) is 23.0 Å². The minimum Gasteiger partial charge on any atom is -0.504 e. The first-order valence-corrected chi connectivity index (χ1v) is 6.26. The molecule has 0 heterocycles. The van der Waals surface area contributed by atoms with Crippen LogP contribution in [0.3, 0.4) is 0 Å². The molecule has 0 radical (unpaired) electrons. The van der Waals surface area contributed by atoms with Crippen LogP contribution in [0.5, 0.6) is 5.75 Å². The highest BCUT2D eigenvalue weighted by atomic mass is 32.2. The van der Waals surface area contributed by atoms with Crippen LogP contribution in [-0.2, 0) is 9.84 Å². The lowest BCUT2D eigenvalue weighted by Gasteiger charge is -2.13. The topological polar surface area (TPSA) is 54.4 Å². The molecule has 1 aromatic carbocycles. The van der Waals surface area contributed by atoms with E-state index in [-0.39, 0.29) is 0 Å². The minimum absolute atomic E-state index is 0.761. The van der Waals surface area contributed by atoms with Crippen LogP contribution in [0, 0.1) is 24.4 Å². The third-order valence-electron chi connectivity index (χ3n) is 2.38. The molecular weight excluding hydrogens is 257 g/mol. The van der Waals surface area contributed by atoms with Crippen molar-refractivity contribution in [2.45, 2.75) is 30.9 Å². The van der Waals surface area contributed by atoms with Gasteiger partial charge in [-0.2, -0.15) is 0 Å². The summed E-state index contributed by atoms with van der Waals surface area (Å²) < 4.78 is 63.3. The quantitative estimate of drug-likeness (QED) is 0.837. The number of aromatic hydroxyl groups is 1. The van der Waals surface area contributed by atoms with E-state index < -0.39 is 48.7 Å². The standard InChI is InChI=1S/C10H11F3O3S/c1-4(2)17(15,16)10-8(13)6(11)5(3)7(12)9(10)14/h4,14H,1-3H3. The van der Waals surface area contributed by atoms with Gasteiger partial charge in [0.25, 0.3) is 0 Å². The molecule has 0 bridgehead atoms. The van der Waals surface area contributed by atoms with Gasteiger partial charge in [0.05, 0.1) is 5.25 Å². The predicted molar refractivity (Wildman–Crippen MR) is 55.0 cm³/mol. The van der Waals surface area contributed by atoms with Crippen LogP contribution in [0.25, 0.3) is 0 Å². The van der Waals surface area contributed by atoms with Gasteiger partial charge in [0.1, 0.15) is 0 Å². The fraction of sp³-hybridized carbons (Fsp3) is 0.400. The van der Waals surface area contributed by atoms with Gasteiger partial charge in [0.2, 0.25) is 0 Å². The van der Waals surface area contributed by atoms with E-state index in [4.69, 9.17) is 0 Å². The molecule has 0 spiro atoms. The number of halogens is 3. The number of sulfone groups is 1. The van der Waals surface area contributed by atoms with E-state index in [1.165, 1.54) is 13.8 Å². The SMILES string of the molecule is Cc1c(F)c(O)c(S(=O)(=O)C(C)C)c(F)c1F. The first-order chi connectivity index (χ1) is 7.62. The van der Waals surface area contributed by atoms with Crippen LogP contribution in [0.2, 0.25) is 0 Å². The van der Waals surface area contributed by atoms with Gasteiger partial charge in [-0.3, -0.25) is 0 Å². The molecule has 1 aromatic rings. The summed E-state index contributed by atoms with van der Waals surface area (Å²) in [6.45, 7) is 3.33. The Hall–Kier alpha value is -1.24. The van der Waals surface area contributed by atoms with Gasteiger partial charge in [-0.15, -0.1) is 0 Å². The molecule has 0 amide bonds. The van der Waals surface area contributed by atoms with Crippen molar-refractivity contribution in [3.63, 3.8) is 0 Å². The zero-order valence-electron chi connectivity index (χ0n) is 9.38. The fourth-order valence-corrected chi connectivity index (χ4v) is 2.41. The van der Waals surface area contributed by atoms with Crippen molar-refractivity contribution < 1.29 is 26.7 Å². The molecule has 1 N–H and O–H groups in total. The second-order valence-electron chi connectivity index (χ2n) is 3.84. The smallest absolute Gasteiger partial charge is 0.187 e. The van der Waals surface area contributed by atoms with Gasteiger partial charge in [0, 0.05) is 5.56 Å². The highest BCUT2D eigenvalue weighted by molar-refractivity contribution is 7.92. The largest absolute Gasteiger partial charge is 0.504 e. The van der Waals surface area contributed by atoms with Crippen molar-refractivity contribution in [2.24, 2.45) is 0 Å². The Kier molecular flexibility index (Phi) is 3.42. The Morgan fingerprint density at radius 2 is 1.53 bits per heavy atom. The molecule has 17 heavy (non-hydrogen) atoms. The summed E-state index contributed by atoms with van der Waals surface area (Å²) >= 11 is 0. The summed E-state index contributed by atoms with van der Waals surface area (Å²) in [6.07, 6.45) is 0. The number of hydrogen-bond donors (Lipinski definition) is 1. The average Bonchev–Trinajstić information content (AvgIpc) is 2.23. The molecule has 96 valence electrons. The number of hydrogen-bond acceptors (Lipinski definition) is 3. The summed E-state index contributed by atoms with van der Waals surface area (Å²) in [5.41, 5.74) is -0.761. The summed E-state index contributed by atoms with van der Waals surface area (Å²) in [7, 11) is -4.30. The molecule has 7 heteroatoms. The maximum absolute atomic E-state index is 13.5. The molecule has 0 aromatic heterocycles. The maximum Gasteiger partial charge on any atom is 0.187 e. The molecule has 0 aliphatic heterocycles. The molecule has 0 atom stereocenters. The van der Waals surface area contributed by atoms with Gasteiger partial charge < -0.3 is 5.11 Å². The van der Waals surface area contributed by atoms with E-state index in [1.807, 2.05) is 0 Å². The minimum atomic E-state index is -4.30. The van der Waals surface area contributed by atoms with E-state index in [2.05, 4.69) is 0 Å². The molecule has 1 rings (SSSR count). The van der Waals surface area contributed by atoms with Crippen molar-refractivity contribution in [1.82, 2.24) is 0 Å². The molecule has 0 saturated heterocycles. The maximum atomic E-state index is 13.5. The van der Waals surface area contributed by atoms with Crippen LogP contribution >= 0.6 is 0 Å². The van der Waals surface area contributed by atoms with Crippen LogP contribution in [0.15, 0.2) is 4.90 Å². The Morgan fingerprint density at radius 1 is 1.06 bits per heavy atom. The lowest BCUT2D eigenvalue weighted by atomic mass is 10.2. The lowest BCUT2D eigenvalue weighted by Crippen LogP contribution is -2.17. The molecular formula is C10H11F3O3S. The molecule has 0 aliphatic rings. The highest BCUT2D eigenvalue weighted by Crippen LogP contribution is 2.35. The highest BCUT2D eigenvalue weighted by Gasteiger charge is 2.33. The second kappa shape index (κ2) is 4.21. The summed E-state index contributed by atoms with van der Waals surface area (Å²) in [6, 6.07) is 0. The number of benzene rings is 1. The van der Waals surface area contributed by atoms with Crippen LogP contribution in [0.4, 0.5) is 13.2 Å². The van der Waals surface area contributed by atoms with Crippen LogP contribution < -0.4 is 0 Å². The van der Waals surface area contributed by atoms with Gasteiger partial charge in [-0.25, -0.2) is 21.6 Å². The third kappa shape index (κ3) is 1.99. The van der Waals surface area contributed by atoms with Crippen molar-refractivity contribution in [2.75, 3.05) is 0 Å². The van der Waals surface area contributed by atoms with E-state index in [0.717, 1.165) is 6.92 Å². The predicted octanol–water partition coefficient (Wildman–Crippen LogP) is 2.30. The summed E-state index contributed by atoms with van der Waals surface area (Å²) in [5, 5.41) is 8.20. The molecule has 0 fully saturated rings. The van der Waals surface area contributed by atoms with Crippen molar-refractivity contribution in [3.8, 4) is 5.75 Å². The van der Waals surface area contributed by atoms with Gasteiger partial charge in [-0.05, 0) is 20.8 Å². The van der Waals surface area contributed by atoms with Crippen LogP contribution in [0.1, 0.15) is 19.4 Å². The lowest BCUT2D eigenvalue weighted by molar-refractivity contribution is 0.383. The Balaban J connectivity index is 3.80. The van der Waals surface area contributed by atoms with E-state index >= 15 is 0 Å². The first kappa shape index (κ1) is 13.8. The first-order valence-electron chi connectivity index (χ1n) is 4.72. The normalized spacial score (nSPS) is 12.2. The van der Waals surface area contributed by atoms with Crippen molar-refractivity contribution >= 4 is 9.84 Å². The van der Waals surface area contributed by atoms with Crippen LogP contribution in [-0.4, -0.2) is 18.8 Å². The van der Waals surface area contributed by atoms with E-state index in [9.17, 15) is 26.7 Å². The fourth-order valence-electron chi connectivity index (χ4n) is 1.24. The number of phenolic OH excluding ortho intramolecular Hbond substituents is 1. The molecule has 0 saturated carbocycles. The van der Waals surface area contributed by atoms with E-state index in [1.54, 1.807) is 0 Å². The Morgan fingerprint density at radius 3 is 1.94 bits per heavy atom. The zero-order valence-corrected chi connectivity index (χ0v) is 10.2. The van der Waals surface area contributed by atoms with Gasteiger partial charge in [-0.1, -0.05) is 0 Å². The summed E-state index contributed by atoms with van der Waals surface area (Å²) in [4.78, 5) is -1.33. The Bertz CT molecular complexity index is 536. The number of rotatable bonds is 2. The summed E-state index contributed by atoms with van der Waals surface area (Å²) in [5.74, 6) is -6.21. The third-order valence-corrected chi connectivity index (χ3v) is 4.56. The second-order valence-corrected chi connectivity index (χ2v) is 6.28. The van der Waals surface area contributed by atoms with Gasteiger partial charge >= 0.3 is 0 Å². The molecule has 0 aliphatic carbocycles. The van der Waals surface area contributed by atoms with Crippen molar-refractivity contribution in [1.29, 1.82) is 0 Å². The monoisotopic (exact) mass is 268 g/mol.